The van der Waals surface area contributed by atoms with Crippen molar-refractivity contribution in [2.75, 3.05) is 19.6 Å². The van der Waals surface area contributed by atoms with E-state index in [-0.39, 0.29) is 36.5 Å². The van der Waals surface area contributed by atoms with E-state index in [0.29, 0.717) is 30.0 Å². The van der Waals surface area contributed by atoms with Crippen LogP contribution in [0.15, 0.2) is 59.5 Å². The molecule has 146 valence electrons. The van der Waals surface area contributed by atoms with Crippen molar-refractivity contribution < 1.29 is 4.79 Å². The minimum atomic E-state index is -0.254. The fourth-order valence-electron chi connectivity index (χ4n) is 3.47. The van der Waals surface area contributed by atoms with Crippen LogP contribution in [0.25, 0.3) is 10.8 Å². The van der Waals surface area contributed by atoms with E-state index in [4.69, 9.17) is 11.6 Å². The Morgan fingerprint density at radius 3 is 2.86 bits per heavy atom. The summed E-state index contributed by atoms with van der Waals surface area (Å²) >= 11 is 6.12. The summed E-state index contributed by atoms with van der Waals surface area (Å²) in [6, 6.07) is 14.7. The van der Waals surface area contributed by atoms with Crippen molar-refractivity contribution in [2.24, 2.45) is 0 Å². The largest absolute Gasteiger partial charge is 0.331 e. The molecule has 0 radical (unpaired) electrons. The lowest BCUT2D eigenvalue weighted by molar-refractivity contribution is -0.135. The zero-order valence-electron chi connectivity index (χ0n) is 15.0. The van der Waals surface area contributed by atoms with Gasteiger partial charge in [0, 0.05) is 30.0 Å². The van der Waals surface area contributed by atoms with Crippen LogP contribution >= 0.6 is 24.0 Å². The van der Waals surface area contributed by atoms with Gasteiger partial charge >= 0.3 is 0 Å². The molecule has 0 bridgehead atoms. The first-order valence-corrected chi connectivity index (χ1v) is 9.22. The van der Waals surface area contributed by atoms with Crippen molar-refractivity contribution in [1.82, 2.24) is 20.0 Å². The van der Waals surface area contributed by atoms with Gasteiger partial charge in [0.25, 0.3) is 5.56 Å². The Balaban J connectivity index is 0.00000225. The van der Waals surface area contributed by atoms with E-state index in [9.17, 15) is 9.59 Å². The van der Waals surface area contributed by atoms with Gasteiger partial charge in [-0.25, -0.2) is 4.68 Å². The van der Waals surface area contributed by atoms with E-state index in [0.717, 1.165) is 10.9 Å². The summed E-state index contributed by atoms with van der Waals surface area (Å²) < 4.78 is 1.24. The predicted octanol–water partition coefficient (Wildman–Crippen LogP) is 2.64. The molecule has 1 amide bonds. The average Bonchev–Trinajstić information content (AvgIpc) is 2.70. The average molecular weight is 419 g/mol. The van der Waals surface area contributed by atoms with Crippen LogP contribution < -0.4 is 10.9 Å². The Morgan fingerprint density at radius 1 is 1.21 bits per heavy atom. The molecule has 1 fully saturated rings. The Morgan fingerprint density at radius 2 is 2.04 bits per heavy atom. The molecule has 8 heteroatoms. The second kappa shape index (κ2) is 8.73. The maximum absolute atomic E-state index is 13.0. The van der Waals surface area contributed by atoms with Gasteiger partial charge in [-0.1, -0.05) is 41.9 Å². The standard InChI is InChI=1S/C20H19ClN4O2.ClH/c21-16-6-3-5-14(10-16)18-12-22-8-9-24(18)19(26)13-25-20(27)17-7-2-1-4-15(17)11-23-25;/h1-7,10-11,18,22H,8-9,12-13H2;1H. The molecule has 2 heterocycles. The highest BCUT2D eigenvalue weighted by molar-refractivity contribution is 6.30. The highest BCUT2D eigenvalue weighted by Crippen LogP contribution is 2.25. The van der Waals surface area contributed by atoms with E-state index in [1.54, 1.807) is 23.2 Å². The maximum atomic E-state index is 13.0. The molecule has 1 aromatic heterocycles. The monoisotopic (exact) mass is 418 g/mol. The SMILES string of the molecule is Cl.O=C(Cn1ncc2ccccc2c1=O)N1CCNCC1c1cccc(Cl)c1. The predicted molar refractivity (Wildman–Crippen MR) is 112 cm³/mol. The van der Waals surface area contributed by atoms with Gasteiger partial charge in [0.1, 0.15) is 6.54 Å². The summed E-state index contributed by atoms with van der Waals surface area (Å²) in [5, 5.41) is 9.46. The van der Waals surface area contributed by atoms with Crippen molar-refractivity contribution in [1.29, 1.82) is 0 Å². The molecule has 1 aliphatic heterocycles. The molecule has 1 N–H and O–H groups in total. The summed E-state index contributed by atoms with van der Waals surface area (Å²) in [5.41, 5.74) is 0.720. The number of aromatic nitrogens is 2. The lowest BCUT2D eigenvalue weighted by Gasteiger charge is -2.36. The maximum Gasteiger partial charge on any atom is 0.275 e. The van der Waals surface area contributed by atoms with Crippen molar-refractivity contribution in [3.05, 3.63) is 75.7 Å². The topological polar surface area (TPSA) is 67.2 Å². The molecule has 6 nitrogen and oxygen atoms in total. The number of nitrogens with one attached hydrogen (secondary N) is 1. The number of hydrogen-bond acceptors (Lipinski definition) is 4. The normalized spacial score (nSPS) is 16.6. The highest BCUT2D eigenvalue weighted by Gasteiger charge is 2.28. The molecule has 0 aliphatic carbocycles. The highest BCUT2D eigenvalue weighted by atomic mass is 35.5. The molecular formula is C20H20Cl2N4O2. The van der Waals surface area contributed by atoms with Crippen molar-refractivity contribution in [3.63, 3.8) is 0 Å². The molecule has 4 rings (SSSR count). The van der Waals surface area contributed by atoms with Crippen molar-refractivity contribution >= 4 is 40.7 Å². The van der Waals surface area contributed by atoms with Gasteiger partial charge in [-0.05, 0) is 23.8 Å². The smallest absolute Gasteiger partial charge is 0.275 e. The minimum Gasteiger partial charge on any atom is -0.331 e. The van der Waals surface area contributed by atoms with E-state index >= 15 is 0 Å². The van der Waals surface area contributed by atoms with Gasteiger partial charge < -0.3 is 10.2 Å². The molecular weight excluding hydrogens is 399 g/mol. The Kier molecular flexibility index (Phi) is 6.34. The van der Waals surface area contributed by atoms with Crippen molar-refractivity contribution in [3.8, 4) is 0 Å². The van der Waals surface area contributed by atoms with Crippen LogP contribution in [0.1, 0.15) is 11.6 Å². The summed E-state index contributed by atoms with van der Waals surface area (Å²) in [4.78, 5) is 27.4. The summed E-state index contributed by atoms with van der Waals surface area (Å²) in [5.74, 6) is -0.133. The number of rotatable bonds is 3. The molecule has 1 saturated heterocycles. The lowest BCUT2D eigenvalue weighted by Crippen LogP contribution is -2.50. The van der Waals surface area contributed by atoms with Crippen LogP contribution in [0.3, 0.4) is 0 Å². The number of benzene rings is 2. The molecule has 1 atom stereocenters. The van der Waals surface area contributed by atoms with Gasteiger partial charge in [-0.15, -0.1) is 12.4 Å². The third-order valence-electron chi connectivity index (χ3n) is 4.84. The fraction of sp³-hybridized carbons (Fsp3) is 0.250. The van der Waals surface area contributed by atoms with Gasteiger partial charge in [-0.3, -0.25) is 9.59 Å². The summed E-state index contributed by atoms with van der Waals surface area (Å²) in [7, 11) is 0. The second-order valence-corrected chi connectivity index (χ2v) is 6.99. The first-order valence-electron chi connectivity index (χ1n) is 8.84. The third-order valence-corrected chi connectivity index (χ3v) is 5.08. The number of hydrogen-bond donors (Lipinski definition) is 1. The zero-order chi connectivity index (χ0) is 18.8. The van der Waals surface area contributed by atoms with Crippen LogP contribution in [-0.4, -0.2) is 40.2 Å². The quantitative estimate of drug-likeness (QED) is 0.709. The molecule has 3 aromatic rings. The van der Waals surface area contributed by atoms with Crippen molar-refractivity contribution in [2.45, 2.75) is 12.6 Å². The molecule has 1 unspecified atom stereocenters. The van der Waals surface area contributed by atoms with Gasteiger partial charge in [0.05, 0.1) is 17.6 Å². The second-order valence-electron chi connectivity index (χ2n) is 6.56. The number of nitrogens with zero attached hydrogens (tertiary/aromatic N) is 3. The molecule has 1 aliphatic rings. The molecule has 0 spiro atoms. The number of carbonyl (C=O) groups excluding carboxylic acids is 1. The first kappa shape index (κ1) is 20.3. The summed E-state index contributed by atoms with van der Waals surface area (Å²) in [6.45, 7) is 1.84. The van der Waals surface area contributed by atoms with E-state index in [2.05, 4.69) is 10.4 Å². The van der Waals surface area contributed by atoms with Crippen LogP contribution in [0.4, 0.5) is 0 Å². The van der Waals surface area contributed by atoms with Crippen LogP contribution in [-0.2, 0) is 11.3 Å². The first-order chi connectivity index (χ1) is 13.1. The van der Waals surface area contributed by atoms with E-state index in [1.807, 2.05) is 36.4 Å². The lowest BCUT2D eigenvalue weighted by atomic mass is 10.0. The fourth-order valence-corrected chi connectivity index (χ4v) is 3.67. The Bertz CT molecular complexity index is 1050. The Labute approximate surface area is 173 Å². The van der Waals surface area contributed by atoms with Crippen LogP contribution in [0.5, 0.6) is 0 Å². The van der Waals surface area contributed by atoms with Gasteiger partial charge in [-0.2, -0.15) is 5.10 Å². The number of fused-ring (bicyclic) bond motifs is 1. The summed E-state index contributed by atoms with van der Waals surface area (Å²) in [6.07, 6.45) is 1.62. The molecule has 2 aromatic carbocycles. The van der Waals surface area contributed by atoms with Gasteiger partial charge in [0.2, 0.25) is 5.91 Å². The minimum absolute atomic E-state index is 0. The van der Waals surface area contributed by atoms with Crippen LogP contribution in [0, 0.1) is 0 Å². The molecule has 28 heavy (non-hydrogen) atoms. The van der Waals surface area contributed by atoms with Crippen LogP contribution in [0.2, 0.25) is 5.02 Å². The number of piperazine rings is 1. The Hall–Kier alpha value is -2.41. The van der Waals surface area contributed by atoms with E-state index < -0.39 is 0 Å². The zero-order valence-corrected chi connectivity index (χ0v) is 16.6. The number of halogens is 2. The third kappa shape index (κ3) is 4.04. The van der Waals surface area contributed by atoms with Gasteiger partial charge in [0.15, 0.2) is 0 Å². The number of amides is 1. The van der Waals surface area contributed by atoms with E-state index in [1.165, 1.54) is 4.68 Å². The number of carbonyl (C=O) groups is 1. The molecule has 0 saturated carbocycles.